The van der Waals surface area contributed by atoms with Crippen LogP contribution in [0.4, 0.5) is 0 Å². The molecule has 0 aliphatic rings. The van der Waals surface area contributed by atoms with Gasteiger partial charge in [-0.3, -0.25) is 0 Å². The Morgan fingerprint density at radius 2 is 1.90 bits per heavy atom. The Morgan fingerprint density at radius 3 is 2.55 bits per heavy atom. The third-order valence-corrected chi connectivity index (χ3v) is 4.10. The minimum absolute atomic E-state index is 0.0536. The molecule has 1 aromatic carbocycles. The highest BCUT2D eigenvalue weighted by atomic mass is 35.5. The molecular weight excluding hydrogens is 298 g/mol. The van der Waals surface area contributed by atoms with Crippen LogP contribution in [0.5, 0.6) is 5.75 Å². The number of ether oxygens (including phenoxy) is 1. The minimum Gasteiger partial charge on any atom is -0.497 e. The predicted molar refractivity (Wildman–Crippen MR) is 78.5 cm³/mol. The van der Waals surface area contributed by atoms with Gasteiger partial charge in [-0.2, -0.15) is 0 Å². The van der Waals surface area contributed by atoms with Crippen LogP contribution in [0.15, 0.2) is 53.0 Å². The van der Waals surface area contributed by atoms with E-state index in [2.05, 4.69) is 4.98 Å². The normalized spacial score (nSPS) is 11.7. The maximum atomic E-state index is 12.1. The van der Waals surface area contributed by atoms with Crippen molar-refractivity contribution < 1.29 is 13.2 Å². The highest BCUT2D eigenvalue weighted by Crippen LogP contribution is 2.17. The zero-order valence-electron chi connectivity index (χ0n) is 10.7. The number of hydrogen-bond donors (Lipinski definition) is 0. The summed E-state index contributed by atoms with van der Waals surface area (Å²) in [5.41, 5.74) is 0.737. The van der Waals surface area contributed by atoms with Crippen molar-refractivity contribution in [2.24, 2.45) is 0 Å². The molecule has 0 radical (unpaired) electrons. The Morgan fingerprint density at radius 1 is 1.20 bits per heavy atom. The maximum absolute atomic E-state index is 12.1. The van der Waals surface area contributed by atoms with E-state index in [1.54, 1.807) is 30.3 Å². The molecule has 0 saturated heterocycles. The number of nitrogens with zero attached hydrogens (tertiary/aromatic N) is 1. The summed E-state index contributed by atoms with van der Waals surface area (Å²) in [5, 5.41) is 1.65. The quantitative estimate of drug-likeness (QED) is 0.870. The summed E-state index contributed by atoms with van der Waals surface area (Å²) in [7, 11) is -2.14. The van der Waals surface area contributed by atoms with Gasteiger partial charge in [0.2, 0.25) is 9.84 Å². The second kappa shape index (κ2) is 6.07. The van der Waals surface area contributed by atoms with Crippen LogP contribution in [0.3, 0.4) is 0 Å². The van der Waals surface area contributed by atoms with Gasteiger partial charge in [-0.25, -0.2) is 13.4 Å². The van der Waals surface area contributed by atoms with Crippen molar-refractivity contribution in [3.8, 4) is 5.75 Å². The third kappa shape index (κ3) is 3.59. The van der Waals surface area contributed by atoms with Crippen molar-refractivity contribution >= 4 is 27.5 Å². The monoisotopic (exact) mass is 309 g/mol. The fourth-order valence-corrected chi connectivity index (χ4v) is 2.58. The molecule has 0 atom stereocenters. The third-order valence-electron chi connectivity index (χ3n) is 2.54. The largest absolute Gasteiger partial charge is 0.497 e. The summed E-state index contributed by atoms with van der Waals surface area (Å²) in [6.45, 7) is 0. The number of benzene rings is 1. The van der Waals surface area contributed by atoms with Gasteiger partial charge in [0.15, 0.2) is 5.03 Å². The number of hydrogen-bond acceptors (Lipinski definition) is 4. The number of halogens is 1. The first-order chi connectivity index (χ1) is 9.51. The van der Waals surface area contributed by atoms with E-state index in [0.717, 1.165) is 11.0 Å². The standard InChI is InChI=1S/C14H12ClNO3S/c1-19-13-6-8-16-14(10-13)20(17,18)9-7-11-2-4-12(15)5-3-11/h2-10H,1H3/b9-7+. The lowest BCUT2D eigenvalue weighted by Crippen LogP contribution is -1.99. The number of sulfone groups is 1. The lowest BCUT2D eigenvalue weighted by Gasteiger charge is -2.02. The SMILES string of the molecule is COc1ccnc(S(=O)(=O)/C=C/c2ccc(Cl)cc2)c1. The van der Waals surface area contributed by atoms with Gasteiger partial charge in [0.25, 0.3) is 0 Å². The molecule has 0 saturated carbocycles. The Labute approximate surface area is 122 Å². The molecule has 0 aliphatic heterocycles. The minimum atomic E-state index is -3.61. The van der Waals surface area contributed by atoms with E-state index in [9.17, 15) is 8.42 Å². The fourth-order valence-electron chi connectivity index (χ4n) is 1.49. The van der Waals surface area contributed by atoms with Crippen molar-refractivity contribution in [3.63, 3.8) is 0 Å². The first kappa shape index (κ1) is 14.6. The number of rotatable bonds is 4. The molecule has 6 heteroatoms. The number of aromatic nitrogens is 1. The van der Waals surface area contributed by atoms with Crippen molar-refractivity contribution in [1.29, 1.82) is 0 Å². The van der Waals surface area contributed by atoms with Crippen molar-refractivity contribution in [1.82, 2.24) is 4.98 Å². The zero-order chi connectivity index (χ0) is 14.6. The summed E-state index contributed by atoms with van der Waals surface area (Å²) in [4.78, 5) is 3.85. The molecule has 0 N–H and O–H groups in total. The molecule has 1 heterocycles. The molecule has 4 nitrogen and oxygen atoms in total. The first-order valence-corrected chi connectivity index (χ1v) is 7.62. The summed E-state index contributed by atoms with van der Waals surface area (Å²) in [6.07, 6.45) is 2.88. The van der Waals surface area contributed by atoms with Gasteiger partial charge < -0.3 is 4.74 Å². The molecule has 0 fully saturated rings. The Balaban J connectivity index is 2.28. The van der Waals surface area contributed by atoms with E-state index >= 15 is 0 Å². The van der Waals surface area contributed by atoms with E-state index in [1.165, 1.54) is 25.4 Å². The first-order valence-electron chi connectivity index (χ1n) is 5.70. The van der Waals surface area contributed by atoms with Crippen LogP contribution in [0.1, 0.15) is 5.56 Å². The summed E-state index contributed by atoms with van der Waals surface area (Å²) in [5.74, 6) is 0.443. The van der Waals surface area contributed by atoms with Gasteiger partial charge in [-0.05, 0) is 29.8 Å². The smallest absolute Gasteiger partial charge is 0.217 e. The van der Waals surface area contributed by atoms with E-state index in [0.29, 0.717) is 10.8 Å². The topological polar surface area (TPSA) is 56.3 Å². The van der Waals surface area contributed by atoms with Crippen molar-refractivity contribution in [2.75, 3.05) is 7.11 Å². The lowest BCUT2D eigenvalue weighted by atomic mass is 10.2. The molecule has 20 heavy (non-hydrogen) atoms. The van der Waals surface area contributed by atoms with E-state index in [4.69, 9.17) is 16.3 Å². The van der Waals surface area contributed by atoms with Crippen LogP contribution >= 0.6 is 11.6 Å². The van der Waals surface area contributed by atoms with E-state index in [-0.39, 0.29) is 5.03 Å². The Kier molecular flexibility index (Phi) is 4.42. The van der Waals surface area contributed by atoms with Gasteiger partial charge in [-0.15, -0.1) is 0 Å². The average Bonchev–Trinajstić information content (AvgIpc) is 2.47. The van der Waals surface area contributed by atoms with Gasteiger partial charge in [-0.1, -0.05) is 23.7 Å². The summed E-state index contributed by atoms with van der Waals surface area (Å²) < 4.78 is 29.2. The van der Waals surface area contributed by atoms with Gasteiger partial charge in [0.1, 0.15) is 5.75 Å². The van der Waals surface area contributed by atoms with Gasteiger partial charge in [0, 0.05) is 22.7 Å². The number of methoxy groups -OCH3 is 1. The molecule has 2 rings (SSSR count). The van der Waals surface area contributed by atoms with Crippen molar-refractivity contribution in [3.05, 3.63) is 58.6 Å². The Bertz CT molecular complexity index is 724. The fraction of sp³-hybridized carbons (Fsp3) is 0.0714. The van der Waals surface area contributed by atoms with E-state index < -0.39 is 9.84 Å². The van der Waals surface area contributed by atoms with Crippen LogP contribution in [0.2, 0.25) is 5.02 Å². The molecule has 0 bridgehead atoms. The molecule has 2 aromatic rings. The molecular formula is C14H12ClNO3S. The molecule has 104 valence electrons. The van der Waals surface area contributed by atoms with Crippen LogP contribution in [0.25, 0.3) is 6.08 Å². The van der Waals surface area contributed by atoms with Crippen LogP contribution in [0, 0.1) is 0 Å². The molecule has 0 aliphatic carbocycles. The highest BCUT2D eigenvalue weighted by molar-refractivity contribution is 7.94. The predicted octanol–water partition coefficient (Wildman–Crippen LogP) is 3.19. The van der Waals surface area contributed by atoms with Crippen LogP contribution in [-0.2, 0) is 9.84 Å². The van der Waals surface area contributed by atoms with Crippen LogP contribution in [-0.4, -0.2) is 20.5 Å². The second-order valence-electron chi connectivity index (χ2n) is 3.93. The molecule has 0 amide bonds. The lowest BCUT2D eigenvalue weighted by molar-refractivity contribution is 0.412. The number of pyridine rings is 1. The second-order valence-corrected chi connectivity index (χ2v) is 6.15. The molecule has 1 aromatic heterocycles. The van der Waals surface area contributed by atoms with Gasteiger partial charge in [0.05, 0.1) is 7.11 Å². The zero-order valence-corrected chi connectivity index (χ0v) is 12.2. The van der Waals surface area contributed by atoms with Crippen LogP contribution < -0.4 is 4.74 Å². The maximum Gasteiger partial charge on any atom is 0.217 e. The van der Waals surface area contributed by atoms with Crippen molar-refractivity contribution in [2.45, 2.75) is 5.03 Å². The average molecular weight is 310 g/mol. The van der Waals surface area contributed by atoms with E-state index in [1.807, 2.05) is 0 Å². The summed E-state index contributed by atoms with van der Waals surface area (Å²) >= 11 is 5.76. The van der Waals surface area contributed by atoms with Gasteiger partial charge >= 0.3 is 0 Å². The highest BCUT2D eigenvalue weighted by Gasteiger charge is 2.12. The summed E-state index contributed by atoms with van der Waals surface area (Å²) in [6, 6.07) is 9.81. The molecule has 0 spiro atoms. The Hall–Kier alpha value is -1.85. The molecule has 0 unspecified atom stereocenters.